The summed E-state index contributed by atoms with van der Waals surface area (Å²) >= 11 is 0. The Morgan fingerprint density at radius 2 is 1.87 bits per heavy atom. The average Bonchev–Trinajstić information content (AvgIpc) is 2.80. The maximum Gasteiger partial charge on any atom is 0.146 e. The number of halogens is 1. The molecule has 1 saturated heterocycles. The third-order valence-corrected chi connectivity index (χ3v) is 5.54. The molecule has 6 heteroatoms. The highest BCUT2D eigenvalue weighted by Crippen LogP contribution is 2.33. The van der Waals surface area contributed by atoms with Gasteiger partial charge in [-0.2, -0.15) is 0 Å². The van der Waals surface area contributed by atoms with Gasteiger partial charge in [-0.1, -0.05) is 30.3 Å². The summed E-state index contributed by atoms with van der Waals surface area (Å²) in [6.07, 6.45) is 2.36. The summed E-state index contributed by atoms with van der Waals surface area (Å²) in [5, 5.41) is 10.9. The first kappa shape index (κ1) is 20.3. The second kappa shape index (κ2) is 9.24. The van der Waals surface area contributed by atoms with Gasteiger partial charge in [-0.05, 0) is 29.8 Å². The smallest absolute Gasteiger partial charge is 0.146 e. The summed E-state index contributed by atoms with van der Waals surface area (Å²) in [5.41, 5.74) is 2.90. The SMILES string of the molecule is COc1cccc(CN2CCN(c3c(F)cccc3C(O)c3cccnc3)CC2)c1. The molecule has 0 saturated carbocycles. The zero-order chi connectivity index (χ0) is 20.9. The second-order valence-corrected chi connectivity index (χ2v) is 7.48. The van der Waals surface area contributed by atoms with Crippen LogP contribution >= 0.6 is 0 Å². The van der Waals surface area contributed by atoms with Gasteiger partial charge in [0, 0.05) is 56.2 Å². The molecule has 2 heterocycles. The van der Waals surface area contributed by atoms with Crippen molar-refractivity contribution in [1.29, 1.82) is 0 Å². The number of benzene rings is 2. The summed E-state index contributed by atoms with van der Waals surface area (Å²) in [7, 11) is 1.67. The first-order valence-electron chi connectivity index (χ1n) is 10.1. The summed E-state index contributed by atoms with van der Waals surface area (Å²) in [6, 6.07) is 16.5. The van der Waals surface area contributed by atoms with E-state index in [2.05, 4.69) is 16.0 Å². The van der Waals surface area contributed by atoms with Gasteiger partial charge in [0.05, 0.1) is 12.8 Å². The number of aliphatic hydroxyl groups excluding tert-OH is 1. The Kier molecular flexibility index (Phi) is 6.26. The minimum Gasteiger partial charge on any atom is -0.497 e. The average molecular weight is 407 g/mol. The van der Waals surface area contributed by atoms with E-state index in [-0.39, 0.29) is 5.82 Å². The van der Waals surface area contributed by atoms with E-state index in [9.17, 15) is 9.50 Å². The topological polar surface area (TPSA) is 48.8 Å². The molecule has 1 unspecified atom stereocenters. The Balaban J connectivity index is 1.48. The molecule has 2 aromatic carbocycles. The lowest BCUT2D eigenvalue weighted by Crippen LogP contribution is -2.46. The molecule has 30 heavy (non-hydrogen) atoms. The van der Waals surface area contributed by atoms with Crippen molar-refractivity contribution in [2.24, 2.45) is 0 Å². The van der Waals surface area contributed by atoms with E-state index in [1.165, 1.54) is 11.6 Å². The maximum atomic E-state index is 14.8. The number of ether oxygens (including phenoxy) is 1. The van der Waals surface area contributed by atoms with Gasteiger partial charge >= 0.3 is 0 Å². The van der Waals surface area contributed by atoms with Gasteiger partial charge in [0.1, 0.15) is 17.7 Å². The fraction of sp³-hybridized carbons (Fsp3) is 0.292. The first-order chi connectivity index (χ1) is 14.7. The van der Waals surface area contributed by atoms with Crippen LogP contribution < -0.4 is 9.64 Å². The summed E-state index contributed by atoms with van der Waals surface area (Å²) in [4.78, 5) is 8.46. The first-order valence-corrected chi connectivity index (χ1v) is 10.1. The van der Waals surface area contributed by atoms with Gasteiger partial charge in [0.25, 0.3) is 0 Å². The minimum atomic E-state index is -0.917. The van der Waals surface area contributed by atoms with Crippen LogP contribution in [0.15, 0.2) is 67.0 Å². The van der Waals surface area contributed by atoms with Gasteiger partial charge in [-0.15, -0.1) is 0 Å². The molecule has 0 radical (unpaired) electrons. The van der Waals surface area contributed by atoms with Crippen molar-refractivity contribution in [2.75, 3.05) is 38.2 Å². The van der Waals surface area contributed by atoms with Crippen molar-refractivity contribution in [3.8, 4) is 5.75 Å². The van der Waals surface area contributed by atoms with E-state index in [1.807, 2.05) is 23.1 Å². The normalized spacial score (nSPS) is 15.8. The molecule has 0 amide bonds. The minimum absolute atomic E-state index is 0.309. The molecule has 1 aromatic heterocycles. The molecule has 1 fully saturated rings. The van der Waals surface area contributed by atoms with Crippen LogP contribution in [0.25, 0.3) is 0 Å². The van der Waals surface area contributed by atoms with Crippen LogP contribution in [0.3, 0.4) is 0 Å². The van der Waals surface area contributed by atoms with E-state index < -0.39 is 6.10 Å². The molecule has 4 rings (SSSR count). The van der Waals surface area contributed by atoms with E-state index in [0.717, 1.165) is 25.4 Å². The van der Waals surface area contributed by atoms with Crippen molar-refractivity contribution < 1.29 is 14.2 Å². The lowest BCUT2D eigenvalue weighted by molar-refractivity contribution is 0.218. The van der Waals surface area contributed by atoms with E-state index in [4.69, 9.17) is 4.74 Å². The van der Waals surface area contributed by atoms with Crippen LogP contribution in [0, 0.1) is 5.82 Å². The van der Waals surface area contributed by atoms with Crippen molar-refractivity contribution in [3.63, 3.8) is 0 Å². The second-order valence-electron chi connectivity index (χ2n) is 7.48. The van der Waals surface area contributed by atoms with Crippen LogP contribution in [0.2, 0.25) is 0 Å². The number of nitrogens with zero attached hydrogens (tertiary/aromatic N) is 3. The molecule has 156 valence electrons. The predicted octanol–water partition coefficient (Wildman–Crippen LogP) is 3.63. The fourth-order valence-electron chi connectivity index (χ4n) is 3.96. The zero-order valence-electron chi connectivity index (χ0n) is 17.0. The number of hydrogen-bond donors (Lipinski definition) is 1. The fourth-order valence-corrected chi connectivity index (χ4v) is 3.96. The number of aromatic nitrogens is 1. The number of piperazine rings is 1. The summed E-state index contributed by atoms with van der Waals surface area (Å²) in [6.45, 7) is 3.84. The number of anilines is 1. The Bertz CT molecular complexity index is 975. The van der Waals surface area contributed by atoms with E-state index in [0.29, 0.717) is 29.9 Å². The number of para-hydroxylation sites is 1. The van der Waals surface area contributed by atoms with Gasteiger partial charge < -0.3 is 14.7 Å². The molecule has 1 N–H and O–H groups in total. The van der Waals surface area contributed by atoms with E-state index >= 15 is 0 Å². The summed E-state index contributed by atoms with van der Waals surface area (Å²) in [5.74, 6) is 0.545. The van der Waals surface area contributed by atoms with Crippen LogP contribution in [0.5, 0.6) is 5.75 Å². The number of hydrogen-bond acceptors (Lipinski definition) is 5. The van der Waals surface area contributed by atoms with Crippen LogP contribution in [0.4, 0.5) is 10.1 Å². The van der Waals surface area contributed by atoms with Gasteiger partial charge in [0.2, 0.25) is 0 Å². The highest BCUT2D eigenvalue weighted by molar-refractivity contribution is 5.58. The number of pyridine rings is 1. The molecule has 0 aliphatic carbocycles. The Morgan fingerprint density at radius 1 is 1.07 bits per heavy atom. The zero-order valence-corrected chi connectivity index (χ0v) is 17.0. The molecular weight excluding hydrogens is 381 g/mol. The molecular formula is C24H26FN3O2. The van der Waals surface area contributed by atoms with Crippen LogP contribution in [0.1, 0.15) is 22.8 Å². The highest BCUT2D eigenvalue weighted by atomic mass is 19.1. The third kappa shape index (κ3) is 4.45. The number of rotatable bonds is 6. The Hall–Kier alpha value is -2.96. The quantitative estimate of drug-likeness (QED) is 0.676. The molecule has 1 aliphatic heterocycles. The van der Waals surface area contributed by atoms with E-state index in [1.54, 1.807) is 43.8 Å². The Labute approximate surface area is 176 Å². The van der Waals surface area contributed by atoms with Crippen LogP contribution in [-0.4, -0.2) is 48.3 Å². The van der Waals surface area contributed by atoms with Crippen molar-refractivity contribution in [3.05, 3.63) is 89.5 Å². The Morgan fingerprint density at radius 3 is 2.60 bits per heavy atom. The third-order valence-electron chi connectivity index (χ3n) is 5.54. The maximum absolute atomic E-state index is 14.8. The lowest BCUT2D eigenvalue weighted by atomic mass is 9.99. The molecule has 5 nitrogen and oxygen atoms in total. The molecule has 1 aliphatic rings. The van der Waals surface area contributed by atoms with Crippen molar-refractivity contribution >= 4 is 5.69 Å². The van der Waals surface area contributed by atoms with Crippen molar-refractivity contribution in [1.82, 2.24) is 9.88 Å². The molecule has 0 bridgehead atoms. The highest BCUT2D eigenvalue weighted by Gasteiger charge is 2.25. The lowest BCUT2D eigenvalue weighted by Gasteiger charge is -2.37. The molecule has 0 spiro atoms. The van der Waals surface area contributed by atoms with Crippen molar-refractivity contribution in [2.45, 2.75) is 12.6 Å². The molecule has 1 atom stereocenters. The standard InChI is InChI=1S/C24H26FN3O2/c1-30-20-7-2-5-18(15-20)17-27-11-13-28(14-12-27)23-21(8-3-9-22(23)25)24(29)19-6-4-10-26-16-19/h2-10,15-16,24,29H,11-14,17H2,1H3. The summed E-state index contributed by atoms with van der Waals surface area (Å²) < 4.78 is 20.1. The van der Waals surface area contributed by atoms with Crippen LogP contribution in [-0.2, 0) is 6.54 Å². The molecule has 3 aromatic rings. The van der Waals surface area contributed by atoms with Gasteiger partial charge in [0.15, 0.2) is 0 Å². The monoisotopic (exact) mass is 407 g/mol. The predicted molar refractivity (Wildman–Crippen MR) is 115 cm³/mol. The number of aliphatic hydroxyl groups is 1. The largest absolute Gasteiger partial charge is 0.497 e. The van der Waals surface area contributed by atoms with Gasteiger partial charge in [-0.3, -0.25) is 9.88 Å². The number of methoxy groups -OCH3 is 1. The van der Waals surface area contributed by atoms with Gasteiger partial charge in [-0.25, -0.2) is 4.39 Å².